The third kappa shape index (κ3) is 5.02. The molecule has 7 nitrogen and oxygen atoms in total. The molecule has 31 heavy (non-hydrogen) atoms. The van der Waals surface area contributed by atoms with Crippen LogP contribution in [0.2, 0.25) is 0 Å². The Morgan fingerprint density at radius 1 is 1.03 bits per heavy atom. The van der Waals surface area contributed by atoms with Gasteiger partial charge in [0.15, 0.2) is 17.5 Å². The molecule has 0 aliphatic rings. The zero-order valence-corrected chi connectivity index (χ0v) is 15.2. The molecule has 0 radical (unpaired) electrons. The molecule has 2 aromatic heterocycles. The molecule has 0 saturated heterocycles. The third-order valence-electron chi connectivity index (χ3n) is 3.75. The van der Waals surface area contributed by atoms with Crippen LogP contribution in [-0.4, -0.2) is 16.4 Å². The van der Waals surface area contributed by atoms with Gasteiger partial charge in [-0.1, -0.05) is 0 Å². The molecular weight excluding hydrogens is 425 g/mol. The van der Waals surface area contributed by atoms with Crippen LogP contribution in [0.3, 0.4) is 0 Å². The van der Waals surface area contributed by atoms with E-state index in [-0.39, 0.29) is 23.6 Å². The van der Waals surface area contributed by atoms with Crippen LogP contribution < -0.4 is 15.2 Å². The topological polar surface area (TPSA) is 91.1 Å². The standard InChI is InChI=1S/C19H10F5N5O2/c20-15-7-14(31-13-2-4-26-12(6-13)9-25)8-16(21)18(15)28-29(10-30)17-5-11(1-3-27-17)19(22,23)24/h1-8,10,28H. The van der Waals surface area contributed by atoms with E-state index in [1.54, 1.807) is 6.07 Å². The van der Waals surface area contributed by atoms with E-state index in [9.17, 15) is 26.7 Å². The van der Waals surface area contributed by atoms with E-state index in [1.807, 2.05) is 5.43 Å². The highest BCUT2D eigenvalue weighted by atomic mass is 19.4. The fraction of sp³-hybridized carbons (Fsp3) is 0.0526. The second kappa shape index (κ2) is 8.62. The smallest absolute Gasteiger partial charge is 0.416 e. The van der Waals surface area contributed by atoms with Crippen LogP contribution in [0.25, 0.3) is 0 Å². The molecule has 1 aromatic carbocycles. The lowest BCUT2D eigenvalue weighted by atomic mass is 10.2. The number of hydrogen-bond acceptors (Lipinski definition) is 6. The van der Waals surface area contributed by atoms with Gasteiger partial charge in [0.1, 0.15) is 28.9 Å². The van der Waals surface area contributed by atoms with Gasteiger partial charge in [0.25, 0.3) is 0 Å². The Morgan fingerprint density at radius 3 is 2.32 bits per heavy atom. The molecule has 0 aliphatic heterocycles. The van der Waals surface area contributed by atoms with Crippen molar-refractivity contribution in [3.63, 3.8) is 0 Å². The van der Waals surface area contributed by atoms with E-state index < -0.39 is 34.9 Å². The van der Waals surface area contributed by atoms with Crippen molar-refractivity contribution in [2.45, 2.75) is 6.18 Å². The highest BCUT2D eigenvalue weighted by molar-refractivity contribution is 5.77. The minimum Gasteiger partial charge on any atom is -0.457 e. The van der Waals surface area contributed by atoms with E-state index in [1.165, 1.54) is 18.3 Å². The molecule has 0 atom stereocenters. The van der Waals surface area contributed by atoms with Crippen LogP contribution in [0, 0.1) is 23.0 Å². The van der Waals surface area contributed by atoms with Gasteiger partial charge >= 0.3 is 6.18 Å². The summed E-state index contributed by atoms with van der Waals surface area (Å²) in [6, 6.07) is 7.15. The van der Waals surface area contributed by atoms with Crippen molar-refractivity contribution >= 4 is 17.9 Å². The Labute approximate surface area is 171 Å². The number of anilines is 2. The maximum atomic E-state index is 14.4. The van der Waals surface area contributed by atoms with Gasteiger partial charge in [0.2, 0.25) is 6.41 Å². The van der Waals surface area contributed by atoms with Crippen molar-refractivity contribution in [1.29, 1.82) is 5.26 Å². The summed E-state index contributed by atoms with van der Waals surface area (Å²) >= 11 is 0. The number of nitriles is 1. The van der Waals surface area contributed by atoms with Crippen molar-refractivity contribution in [2.24, 2.45) is 0 Å². The van der Waals surface area contributed by atoms with Crippen molar-refractivity contribution in [3.8, 4) is 17.6 Å². The Balaban J connectivity index is 1.86. The average Bonchev–Trinajstić information content (AvgIpc) is 2.73. The van der Waals surface area contributed by atoms with Crippen molar-refractivity contribution < 1.29 is 31.5 Å². The number of ether oxygens (including phenoxy) is 1. The molecule has 1 N–H and O–H groups in total. The number of nitrogens with one attached hydrogen (secondary N) is 1. The van der Waals surface area contributed by atoms with Gasteiger partial charge in [-0.3, -0.25) is 10.2 Å². The van der Waals surface area contributed by atoms with Crippen molar-refractivity contribution in [2.75, 3.05) is 10.4 Å². The number of pyridine rings is 2. The van der Waals surface area contributed by atoms with Crippen LogP contribution in [0.15, 0.2) is 48.8 Å². The lowest BCUT2D eigenvalue weighted by Gasteiger charge is -2.20. The highest BCUT2D eigenvalue weighted by Crippen LogP contribution is 2.32. The number of halogens is 5. The first kappa shape index (κ1) is 21.4. The van der Waals surface area contributed by atoms with E-state index in [2.05, 4.69) is 9.97 Å². The molecule has 0 unspecified atom stereocenters. The summed E-state index contributed by atoms with van der Waals surface area (Å²) in [5.41, 5.74) is 0.132. The van der Waals surface area contributed by atoms with E-state index in [0.717, 1.165) is 18.3 Å². The lowest BCUT2D eigenvalue weighted by molar-refractivity contribution is -0.137. The van der Waals surface area contributed by atoms with Gasteiger partial charge < -0.3 is 4.74 Å². The zero-order valence-electron chi connectivity index (χ0n) is 15.2. The number of alkyl halides is 3. The number of carbonyl (C=O) groups excluding carboxylic acids is 1. The number of amides is 1. The summed E-state index contributed by atoms with van der Waals surface area (Å²) in [5.74, 6) is -3.13. The van der Waals surface area contributed by atoms with Crippen LogP contribution in [0.5, 0.6) is 11.5 Å². The number of hydrazine groups is 1. The molecule has 0 saturated carbocycles. The summed E-state index contributed by atoms with van der Waals surface area (Å²) in [6.45, 7) is 0. The first-order valence-electron chi connectivity index (χ1n) is 8.28. The fourth-order valence-corrected chi connectivity index (χ4v) is 2.37. The molecular formula is C19H10F5N5O2. The van der Waals surface area contributed by atoms with E-state index >= 15 is 0 Å². The monoisotopic (exact) mass is 435 g/mol. The third-order valence-corrected chi connectivity index (χ3v) is 3.75. The Hall–Kier alpha value is -4.27. The van der Waals surface area contributed by atoms with Crippen LogP contribution in [0.1, 0.15) is 11.3 Å². The number of nitrogens with zero attached hydrogens (tertiary/aromatic N) is 4. The molecule has 2 heterocycles. The second-order valence-corrected chi connectivity index (χ2v) is 5.84. The molecule has 3 rings (SSSR count). The summed E-state index contributed by atoms with van der Waals surface area (Å²) in [6.07, 6.45) is -2.64. The first-order chi connectivity index (χ1) is 14.7. The Morgan fingerprint density at radius 2 is 1.71 bits per heavy atom. The Kier molecular flexibility index (Phi) is 5.96. The van der Waals surface area contributed by atoms with E-state index in [4.69, 9.17) is 10.00 Å². The van der Waals surface area contributed by atoms with Crippen LogP contribution >= 0.6 is 0 Å². The summed E-state index contributed by atoms with van der Waals surface area (Å²) in [7, 11) is 0. The first-order valence-corrected chi connectivity index (χ1v) is 8.28. The van der Waals surface area contributed by atoms with Crippen LogP contribution in [0.4, 0.5) is 33.5 Å². The van der Waals surface area contributed by atoms with E-state index in [0.29, 0.717) is 17.1 Å². The number of aromatic nitrogens is 2. The minimum atomic E-state index is -4.71. The number of carbonyl (C=O) groups is 1. The molecule has 1 amide bonds. The van der Waals surface area contributed by atoms with Gasteiger partial charge in [-0.2, -0.15) is 18.4 Å². The zero-order chi connectivity index (χ0) is 22.6. The molecule has 12 heteroatoms. The highest BCUT2D eigenvalue weighted by Gasteiger charge is 2.31. The maximum Gasteiger partial charge on any atom is 0.416 e. The fourth-order valence-electron chi connectivity index (χ4n) is 2.37. The predicted octanol–water partition coefficient (Wildman–Crippen LogP) is 4.43. The van der Waals surface area contributed by atoms with Crippen molar-refractivity contribution in [1.82, 2.24) is 9.97 Å². The number of rotatable bonds is 6. The number of benzene rings is 1. The molecule has 0 aliphatic carbocycles. The molecule has 0 bridgehead atoms. The molecule has 158 valence electrons. The average molecular weight is 435 g/mol. The largest absolute Gasteiger partial charge is 0.457 e. The minimum absolute atomic E-state index is 0.00612. The van der Waals surface area contributed by atoms with Gasteiger partial charge in [-0.05, 0) is 18.2 Å². The van der Waals surface area contributed by atoms with Crippen molar-refractivity contribution in [3.05, 3.63) is 71.7 Å². The van der Waals surface area contributed by atoms with Gasteiger partial charge in [0, 0.05) is 30.6 Å². The maximum absolute atomic E-state index is 14.4. The summed E-state index contributed by atoms with van der Waals surface area (Å²) < 4.78 is 72.7. The molecule has 0 spiro atoms. The van der Waals surface area contributed by atoms with Gasteiger partial charge in [-0.15, -0.1) is 0 Å². The molecule has 3 aromatic rings. The van der Waals surface area contributed by atoms with Gasteiger partial charge in [-0.25, -0.2) is 23.8 Å². The lowest BCUT2D eigenvalue weighted by Crippen LogP contribution is -2.30. The Bertz CT molecular complexity index is 1140. The SMILES string of the molecule is N#Cc1cc(Oc2cc(F)c(NN(C=O)c3cc(C(F)(F)F)ccn3)c(F)c2)ccn1. The quantitative estimate of drug-likeness (QED) is 0.350. The van der Waals surface area contributed by atoms with Gasteiger partial charge in [0.05, 0.1) is 5.56 Å². The predicted molar refractivity (Wildman–Crippen MR) is 96.8 cm³/mol. The van der Waals surface area contributed by atoms with Crippen LogP contribution in [-0.2, 0) is 11.0 Å². The molecule has 0 fully saturated rings. The summed E-state index contributed by atoms with van der Waals surface area (Å²) in [5, 5.41) is 9.21. The second-order valence-electron chi connectivity index (χ2n) is 5.84. The summed E-state index contributed by atoms with van der Waals surface area (Å²) in [4.78, 5) is 18.6. The number of hydrogen-bond donors (Lipinski definition) is 1. The normalized spacial score (nSPS) is 10.8.